The molecule has 9 nitrogen and oxygen atoms in total. The van der Waals surface area contributed by atoms with Crippen LogP contribution in [-0.4, -0.2) is 42.9 Å². The first kappa shape index (κ1) is 22.7. The van der Waals surface area contributed by atoms with Crippen molar-refractivity contribution >= 4 is 49.8 Å². The molecule has 0 spiro atoms. The number of hydrogen-bond donors (Lipinski definition) is 1. The number of carbonyl (C=O) groups excluding carboxylic acids is 2. The van der Waals surface area contributed by atoms with Crippen molar-refractivity contribution < 1.29 is 14.3 Å². The molecular weight excluding hydrogens is 520 g/mol. The number of carbonyl (C=O) groups is 2. The van der Waals surface area contributed by atoms with Gasteiger partial charge < -0.3 is 10.1 Å². The van der Waals surface area contributed by atoms with Crippen LogP contribution in [0.2, 0.25) is 0 Å². The van der Waals surface area contributed by atoms with Crippen molar-refractivity contribution in [3.8, 4) is 11.4 Å². The average Bonchev–Trinajstić information content (AvgIpc) is 3.53. The third-order valence-corrected chi connectivity index (χ3v) is 7.54. The van der Waals surface area contributed by atoms with Gasteiger partial charge in [-0.25, -0.2) is 14.3 Å². The van der Waals surface area contributed by atoms with Gasteiger partial charge in [0, 0.05) is 29.9 Å². The van der Waals surface area contributed by atoms with Crippen LogP contribution in [-0.2, 0) is 24.1 Å². The highest BCUT2D eigenvalue weighted by atomic mass is 79.9. The molecule has 0 bridgehead atoms. The molecule has 0 unspecified atom stereocenters. The average molecular weight is 543 g/mol. The molecule has 0 radical (unpaired) electrons. The normalized spacial score (nSPS) is 13.1. The second-order valence-electron chi connectivity index (χ2n) is 7.90. The summed E-state index contributed by atoms with van der Waals surface area (Å²) in [6, 6.07) is 3.43. The number of aromatic nitrogens is 5. The molecule has 176 valence electrons. The summed E-state index contributed by atoms with van der Waals surface area (Å²) in [4.78, 5) is 31.4. The van der Waals surface area contributed by atoms with Crippen LogP contribution in [0, 0.1) is 0 Å². The topological polar surface area (TPSA) is 103 Å². The van der Waals surface area contributed by atoms with E-state index in [9.17, 15) is 9.59 Å². The van der Waals surface area contributed by atoms with Gasteiger partial charge in [-0.3, -0.25) is 9.48 Å². The summed E-state index contributed by atoms with van der Waals surface area (Å²) in [6.07, 6.45) is 7.38. The van der Waals surface area contributed by atoms with Crippen molar-refractivity contribution in [1.29, 1.82) is 0 Å². The third-order valence-electron chi connectivity index (χ3n) is 5.75. The Morgan fingerprint density at radius 1 is 1.24 bits per heavy atom. The first-order chi connectivity index (χ1) is 16.5. The van der Waals surface area contributed by atoms with Crippen LogP contribution in [0.5, 0.6) is 0 Å². The van der Waals surface area contributed by atoms with E-state index in [1.54, 1.807) is 29.8 Å². The second kappa shape index (κ2) is 9.30. The zero-order valence-corrected chi connectivity index (χ0v) is 21.2. The van der Waals surface area contributed by atoms with Gasteiger partial charge in [-0.1, -0.05) is 0 Å². The fourth-order valence-corrected chi connectivity index (χ4v) is 5.95. The van der Waals surface area contributed by atoms with Gasteiger partial charge in [0.1, 0.15) is 10.7 Å². The number of nitrogens with one attached hydrogen (secondary N) is 1. The van der Waals surface area contributed by atoms with Crippen LogP contribution in [0.1, 0.15) is 58.0 Å². The molecule has 4 aromatic heterocycles. The molecule has 0 fully saturated rings. The molecule has 0 atom stereocenters. The fourth-order valence-electron chi connectivity index (χ4n) is 4.16. The standard InChI is InChI=1S/C23H23BrN6O3S/c1-3-29-12-14(24)20(28-29)16-9-10-25-18-11-15(27-30(16)18)21(31)26-22-19(23(32)33-4-2)13-7-5-6-8-17(13)34-22/h9-12H,3-8H2,1-2H3,(H,26,31). The molecule has 0 saturated heterocycles. The Hall–Kier alpha value is -3.05. The number of thiophene rings is 1. The zero-order chi connectivity index (χ0) is 23.8. The van der Waals surface area contributed by atoms with Gasteiger partial charge in [-0.2, -0.15) is 10.2 Å². The molecule has 5 rings (SSSR count). The van der Waals surface area contributed by atoms with E-state index in [1.807, 2.05) is 17.8 Å². The van der Waals surface area contributed by atoms with Gasteiger partial charge in [-0.15, -0.1) is 11.3 Å². The highest BCUT2D eigenvalue weighted by Gasteiger charge is 2.28. The van der Waals surface area contributed by atoms with Crippen molar-refractivity contribution in [3.05, 3.63) is 50.7 Å². The van der Waals surface area contributed by atoms with E-state index in [4.69, 9.17) is 4.74 Å². The van der Waals surface area contributed by atoms with E-state index < -0.39 is 11.9 Å². The van der Waals surface area contributed by atoms with Gasteiger partial charge in [0.05, 0.1) is 22.3 Å². The number of anilines is 1. The molecule has 34 heavy (non-hydrogen) atoms. The van der Waals surface area contributed by atoms with E-state index in [0.29, 0.717) is 27.6 Å². The third kappa shape index (κ3) is 4.03. The molecule has 4 heterocycles. The lowest BCUT2D eigenvalue weighted by Gasteiger charge is -2.12. The Kier molecular flexibility index (Phi) is 6.22. The van der Waals surface area contributed by atoms with Crippen molar-refractivity contribution in [2.24, 2.45) is 0 Å². The predicted molar refractivity (Wildman–Crippen MR) is 132 cm³/mol. The van der Waals surface area contributed by atoms with Crippen molar-refractivity contribution in [2.45, 2.75) is 46.1 Å². The molecule has 4 aromatic rings. The van der Waals surface area contributed by atoms with Crippen LogP contribution in [0.4, 0.5) is 5.00 Å². The minimum absolute atomic E-state index is 0.201. The van der Waals surface area contributed by atoms with Crippen LogP contribution >= 0.6 is 27.3 Å². The highest BCUT2D eigenvalue weighted by molar-refractivity contribution is 9.10. The maximum Gasteiger partial charge on any atom is 0.341 e. The Bertz CT molecular complexity index is 1410. The number of halogens is 1. The van der Waals surface area contributed by atoms with Crippen molar-refractivity contribution in [3.63, 3.8) is 0 Å². The lowest BCUT2D eigenvalue weighted by atomic mass is 9.95. The smallest absolute Gasteiger partial charge is 0.341 e. The Balaban J connectivity index is 1.50. The monoisotopic (exact) mass is 542 g/mol. The lowest BCUT2D eigenvalue weighted by Crippen LogP contribution is -2.16. The van der Waals surface area contributed by atoms with Gasteiger partial charge in [0.2, 0.25) is 0 Å². The van der Waals surface area contributed by atoms with Gasteiger partial charge in [-0.05, 0) is 67.1 Å². The van der Waals surface area contributed by atoms with Crippen molar-refractivity contribution in [1.82, 2.24) is 24.4 Å². The fraction of sp³-hybridized carbons (Fsp3) is 0.348. The Morgan fingerprint density at radius 2 is 2.06 bits per heavy atom. The van der Waals surface area contributed by atoms with Gasteiger partial charge in [0.15, 0.2) is 11.3 Å². The molecule has 0 saturated carbocycles. The van der Waals surface area contributed by atoms with E-state index in [2.05, 4.69) is 36.4 Å². The number of esters is 1. The molecule has 11 heteroatoms. The van der Waals surface area contributed by atoms with Gasteiger partial charge in [0.25, 0.3) is 5.91 Å². The summed E-state index contributed by atoms with van der Waals surface area (Å²) in [5.74, 6) is -0.800. The number of ether oxygens (including phenoxy) is 1. The van der Waals surface area contributed by atoms with E-state index in [0.717, 1.165) is 47.1 Å². The first-order valence-electron chi connectivity index (χ1n) is 11.2. The number of aryl methyl sites for hydroxylation is 2. The number of fused-ring (bicyclic) bond motifs is 2. The van der Waals surface area contributed by atoms with Crippen LogP contribution in [0.3, 0.4) is 0 Å². The predicted octanol–water partition coefficient (Wildman–Crippen LogP) is 4.74. The Labute approximate surface area is 208 Å². The molecular formula is C23H23BrN6O3S. The SMILES string of the molecule is CCOC(=O)c1c(NC(=O)c2cc3nccc(-c4nn(CC)cc4Br)n3n2)sc2c1CCCC2. The van der Waals surface area contributed by atoms with Crippen LogP contribution in [0.15, 0.2) is 29.0 Å². The minimum atomic E-state index is -0.404. The number of rotatable bonds is 6. The van der Waals surface area contributed by atoms with Gasteiger partial charge >= 0.3 is 5.97 Å². The first-order valence-corrected chi connectivity index (χ1v) is 12.8. The molecule has 1 aliphatic rings. The zero-order valence-electron chi connectivity index (χ0n) is 18.8. The van der Waals surface area contributed by atoms with E-state index in [1.165, 1.54) is 11.3 Å². The summed E-state index contributed by atoms with van der Waals surface area (Å²) in [7, 11) is 0. The maximum atomic E-state index is 13.2. The molecule has 0 aromatic carbocycles. The van der Waals surface area contributed by atoms with E-state index in [-0.39, 0.29) is 12.3 Å². The number of nitrogens with zero attached hydrogens (tertiary/aromatic N) is 5. The summed E-state index contributed by atoms with van der Waals surface area (Å²) in [5, 5.41) is 12.5. The molecule has 1 amide bonds. The van der Waals surface area contributed by atoms with Crippen LogP contribution in [0.25, 0.3) is 17.0 Å². The Morgan fingerprint density at radius 3 is 2.82 bits per heavy atom. The van der Waals surface area contributed by atoms with Crippen molar-refractivity contribution in [2.75, 3.05) is 11.9 Å². The molecule has 0 aliphatic heterocycles. The minimum Gasteiger partial charge on any atom is -0.462 e. The second-order valence-corrected chi connectivity index (χ2v) is 9.86. The van der Waals surface area contributed by atoms with E-state index >= 15 is 0 Å². The summed E-state index contributed by atoms with van der Waals surface area (Å²) in [5.41, 5.74) is 3.62. The molecule has 1 N–H and O–H groups in total. The van der Waals surface area contributed by atoms with Crippen LogP contribution < -0.4 is 5.32 Å². The quantitative estimate of drug-likeness (QED) is 0.353. The summed E-state index contributed by atoms with van der Waals surface area (Å²) >= 11 is 5.01. The molecule has 1 aliphatic carbocycles. The number of amides is 1. The summed E-state index contributed by atoms with van der Waals surface area (Å²) < 4.78 is 9.54. The largest absolute Gasteiger partial charge is 0.462 e. The summed E-state index contributed by atoms with van der Waals surface area (Å²) in [6.45, 7) is 4.79. The maximum absolute atomic E-state index is 13.2. The number of hydrogen-bond acceptors (Lipinski definition) is 7. The lowest BCUT2D eigenvalue weighted by molar-refractivity contribution is 0.0526. The highest BCUT2D eigenvalue weighted by Crippen LogP contribution is 2.39.